The lowest BCUT2D eigenvalue weighted by atomic mass is 10.1. The second-order valence-electron chi connectivity index (χ2n) is 6.52. The van der Waals surface area contributed by atoms with Crippen molar-refractivity contribution < 1.29 is 22.3 Å². The van der Waals surface area contributed by atoms with Gasteiger partial charge in [0.25, 0.3) is 10.0 Å². The minimum absolute atomic E-state index is 0.0601. The van der Waals surface area contributed by atoms with E-state index in [2.05, 4.69) is 0 Å². The van der Waals surface area contributed by atoms with Gasteiger partial charge in [0, 0.05) is 10.6 Å². The maximum absolute atomic E-state index is 13.6. The fourth-order valence-electron chi connectivity index (χ4n) is 3.17. The minimum Gasteiger partial charge on any atom is -0.497 e. The van der Waals surface area contributed by atoms with E-state index in [1.54, 1.807) is 25.1 Å². The number of sulfonamides is 1. The zero-order valence-electron chi connectivity index (χ0n) is 16.7. The van der Waals surface area contributed by atoms with Crippen molar-refractivity contribution >= 4 is 27.3 Å². The van der Waals surface area contributed by atoms with Gasteiger partial charge in [-0.25, -0.2) is 12.8 Å². The van der Waals surface area contributed by atoms with Crippen molar-refractivity contribution in [1.82, 2.24) is 0 Å². The van der Waals surface area contributed by atoms with Gasteiger partial charge in [0.05, 0.1) is 30.8 Å². The molecule has 0 unspecified atom stereocenters. The molecule has 0 aliphatic carbocycles. The predicted octanol–water partition coefficient (Wildman–Crippen LogP) is 5.45. The van der Waals surface area contributed by atoms with E-state index < -0.39 is 21.9 Å². The lowest BCUT2D eigenvalue weighted by molar-refractivity contribution is 0.396. The smallest absolute Gasteiger partial charge is 0.264 e. The van der Waals surface area contributed by atoms with Gasteiger partial charge < -0.3 is 9.47 Å². The Kier molecular flexibility index (Phi) is 6.53. The molecule has 0 aliphatic rings. The van der Waals surface area contributed by atoms with Crippen LogP contribution in [0.25, 0.3) is 0 Å². The molecule has 0 amide bonds. The zero-order chi connectivity index (χ0) is 21.9. The lowest BCUT2D eigenvalue weighted by Crippen LogP contribution is -2.34. The van der Waals surface area contributed by atoms with E-state index in [-0.39, 0.29) is 4.90 Å². The molecule has 1 atom stereocenters. The van der Waals surface area contributed by atoms with E-state index >= 15 is 0 Å². The van der Waals surface area contributed by atoms with Gasteiger partial charge in [-0.3, -0.25) is 4.31 Å². The van der Waals surface area contributed by atoms with Crippen LogP contribution in [0, 0.1) is 5.82 Å². The standard InChI is InChI=1S/C22H21ClFNO4S/c1-15(21-14-19(28-2)10-13-22(21)29-3)25(18-8-6-17(24)7-9-18)30(26,27)20-11-4-16(23)5-12-20/h4-15H,1-3H3/t15-/m0/s1. The Bertz CT molecular complexity index is 1120. The van der Waals surface area contributed by atoms with Crippen molar-refractivity contribution in [3.05, 3.63) is 83.1 Å². The van der Waals surface area contributed by atoms with E-state index in [9.17, 15) is 12.8 Å². The summed E-state index contributed by atoms with van der Waals surface area (Å²) in [7, 11) is -0.986. The SMILES string of the molecule is COc1ccc(OC)c([C@H](C)N(c2ccc(F)cc2)S(=O)(=O)c2ccc(Cl)cc2)c1. The Balaban J connectivity index is 2.20. The average molecular weight is 450 g/mol. The molecule has 0 spiro atoms. The van der Waals surface area contributed by atoms with Crippen LogP contribution in [0.15, 0.2) is 71.6 Å². The molecule has 0 bridgehead atoms. The summed E-state index contributed by atoms with van der Waals surface area (Å²) in [5.41, 5.74) is 0.905. The normalized spacial score (nSPS) is 12.3. The van der Waals surface area contributed by atoms with Crippen LogP contribution in [-0.2, 0) is 10.0 Å². The predicted molar refractivity (Wildman–Crippen MR) is 115 cm³/mol. The first kappa shape index (κ1) is 21.9. The summed E-state index contributed by atoms with van der Waals surface area (Å²) in [6, 6.07) is 15.6. The van der Waals surface area contributed by atoms with Crippen molar-refractivity contribution in [2.45, 2.75) is 17.9 Å². The maximum Gasteiger partial charge on any atom is 0.264 e. The fraction of sp³-hybridized carbons (Fsp3) is 0.182. The first-order valence-corrected chi connectivity index (χ1v) is 10.9. The van der Waals surface area contributed by atoms with Gasteiger partial charge in [-0.05, 0) is 73.7 Å². The number of nitrogens with zero attached hydrogens (tertiary/aromatic N) is 1. The van der Waals surface area contributed by atoms with Crippen molar-refractivity contribution in [1.29, 1.82) is 0 Å². The van der Waals surface area contributed by atoms with Gasteiger partial charge in [0.2, 0.25) is 0 Å². The first-order chi connectivity index (χ1) is 14.3. The number of ether oxygens (including phenoxy) is 2. The second-order valence-corrected chi connectivity index (χ2v) is 8.77. The molecule has 0 saturated heterocycles. The number of anilines is 1. The summed E-state index contributed by atoms with van der Waals surface area (Å²) in [6.45, 7) is 1.73. The molecular formula is C22H21ClFNO4S. The van der Waals surface area contributed by atoms with E-state index in [1.807, 2.05) is 0 Å². The van der Waals surface area contributed by atoms with E-state index in [0.717, 1.165) is 0 Å². The quantitative estimate of drug-likeness (QED) is 0.481. The Labute approximate surface area is 180 Å². The van der Waals surface area contributed by atoms with Crippen LogP contribution >= 0.6 is 11.6 Å². The third-order valence-corrected chi connectivity index (χ3v) is 6.86. The summed E-state index contributed by atoms with van der Waals surface area (Å²) in [5, 5.41) is 0.421. The highest BCUT2D eigenvalue weighted by molar-refractivity contribution is 7.92. The van der Waals surface area contributed by atoms with Crippen LogP contribution in [0.5, 0.6) is 11.5 Å². The molecule has 0 radical (unpaired) electrons. The molecule has 158 valence electrons. The van der Waals surface area contributed by atoms with Gasteiger partial charge in [-0.1, -0.05) is 11.6 Å². The summed E-state index contributed by atoms with van der Waals surface area (Å²) < 4.78 is 52.7. The third-order valence-electron chi connectivity index (χ3n) is 4.69. The van der Waals surface area contributed by atoms with Crippen LogP contribution in [0.2, 0.25) is 5.02 Å². The number of halogens is 2. The Hall–Kier alpha value is -2.77. The molecule has 0 fully saturated rings. The lowest BCUT2D eigenvalue weighted by Gasteiger charge is -2.31. The summed E-state index contributed by atoms with van der Waals surface area (Å²) >= 11 is 5.93. The Morgan fingerprint density at radius 3 is 2.13 bits per heavy atom. The van der Waals surface area contributed by atoms with Gasteiger partial charge in [-0.15, -0.1) is 0 Å². The maximum atomic E-state index is 13.6. The van der Waals surface area contributed by atoms with E-state index in [4.69, 9.17) is 21.1 Å². The molecule has 0 heterocycles. The van der Waals surface area contributed by atoms with E-state index in [1.165, 1.54) is 67.1 Å². The highest BCUT2D eigenvalue weighted by Crippen LogP contribution is 2.38. The molecule has 5 nitrogen and oxygen atoms in total. The minimum atomic E-state index is -4.02. The molecule has 0 aliphatic heterocycles. The molecule has 30 heavy (non-hydrogen) atoms. The third kappa shape index (κ3) is 4.37. The van der Waals surface area contributed by atoms with Crippen LogP contribution in [0.3, 0.4) is 0 Å². The average Bonchev–Trinajstić information content (AvgIpc) is 2.74. The zero-order valence-corrected chi connectivity index (χ0v) is 18.2. The van der Waals surface area contributed by atoms with Crippen LogP contribution < -0.4 is 13.8 Å². The largest absolute Gasteiger partial charge is 0.497 e. The summed E-state index contributed by atoms with van der Waals surface area (Å²) in [5.74, 6) is 0.594. The van der Waals surface area contributed by atoms with Crippen molar-refractivity contribution in [3.63, 3.8) is 0 Å². The van der Waals surface area contributed by atoms with E-state index in [0.29, 0.717) is 27.8 Å². The molecule has 3 rings (SSSR count). The number of hydrogen-bond acceptors (Lipinski definition) is 4. The molecule has 0 N–H and O–H groups in total. The molecule has 0 saturated carbocycles. The number of methoxy groups -OCH3 is 2. The molecular weight excluding hydrogens is 429 g/mol. The Morgan fingerprint density at radius 2 is 1.57 bits per heavy atom. The van der Waals surface area contributed by atoms with Gasteiger partial charge in [-0.2, -0.15) is 0 Å². The van der Waals surface area contributed by atoms with Gasteiger partial charge in [0.1, 0.15) is 17.3 Å². The number of hydrogen-bond donors (Lipinski definition) is 0. The van der Waals surface area contributed by atoms with Crippen LogP contribution in [0.1, 0.15) is 18.5 Å². The fourth-order valence-corrected chi connectivity index (χ4v) is 4.93. The highest BCUT2D eigenvalue weighted by atomic mass is 35.5. The molecule has 3 aromatic rings. The first-order valence-electron chi connectivity index (χ1n) is 9.05. The Morgan fingerprint density at radius 1 is 0.933 bits per heavy atom. The molecule has 0 aromatic heterocycles. The van der Waals surface area contributed by atoms with Crippen LogP contribution in [0.4, 0.5) is 10.1 Å². The molecule has 8 heteroatoms. The van der Waals surface area contributed by atoms with Gasteiger partial charge in [0.15, 0.2) is 0 Å². The monoisotopic (exact) mass is 449 g/mol. The molecule has 3 aromatic carbocycles. The topological polar surface area (TPSA) is 55.8 Å². The van der Waals surface area contributed by atoms with Crippen molar-refractivity contribution in [2.24, 2.45) is 0 Å². The van der Waals surface area contributed by atoms with Crippen molar-refractivity contribution in [3.8, 4) is 11.5 Å². The number of rotatable bonds is 7. The summed E-state index contributed by atoms with van der Waals surface area (Å²) in [6.07, 6.45) is 0. The highest BCUT2D eigenvalue weighted by Gasteiger charge is 2.32. The summed E-state index contributed by atoms with van der Waals surface area (Å²) in [4.78, 5) is 0.0601. The second kappa shape index (κ2) is 8.93. The van der Waals surface area contributed by atoms with Gasteiger partial charge >= 0.3 is 0 Å². The van der Waals surface area contributed by atoms with Crippen LogP contribution in [-0.4, -0.2) is 22.6 Å². The number of benzene rings is 3. The van der Waals surface area contributed by atoms with Crippen molar-refractivity contribution in [2.75, 3.05) is 18.5 Å².